The van der Waals surface area contributed by atoms with E-state index in [9.17, 15) is 13.2 Å². The first kappa shape index (κ1) is 21.5. The fourth-order valence-electron chi connectivity index (χ4n) is 2.03. The lowest BCUT2D eigenvalue weighted by Gasteiger charge is -2.14. The first-order valence-electron chi connectivity index (χ1n) is 7.92. The Morgan fingerprint density at radius 1 is 1.19 bits per heavy atom. The van der Waals surface area contributed by atoms with E-state index in [-0.39, 0.29) is 15.5 Å². The van der Waals surface area contributed by atoms with Gasteiger partial charge in [0.15, 0.2) is 5.11 Å². The highest BCUT2D eigenvalue weighted by molar-refractivity contribution is 7.98. The summed E-state index contributed by atoms with van der Waals surface area (Å²) in [6, 6.07) is 9.50. The molecule has 0 atom stereocenters. The minimum absolute atomic E-state index is 0.173. The first-order valence-corrected chi connectivity index (χ1v) is 12.1. The van der Waals surface area contributed by atoms with Crippen molar-refractivity contribution >= 4 is 62.0 Å². The van der Waals surface area contributed by atoms with Crippen molar-refractivity contribution in [1.29, 1.82) is 0 Å². The van der Waals surface area contributed by atoms with Crippen LogP contribution in [0.1, 0.15) is 16.8 Å². The molecule has 27 heavy (non-hydrogen) atoms. The number of anilines is 1. The maximum absolute atomic E-state index is 12.4. The molecule has 7 nitrogen and oxygen atoms in total. The predicted octanol–water partition coefficient (Wildman–Crippen LogP) is 2.41. The summed E-state index contributed by atoms with van der Waals surface area (Å²) in [5.74, 6) is 0.507. The van der Waals surface area contributed by atoms with Crippen LogP contribution in [0.3, 0.4) is 0 Å². The molecular weight excluding hydrogens is 424 g/mol. The molecule has 1 aromatic carbocycles. The van der Waals surface area contributed by atoms with Crippen molar-refractivity contribution in [2.45, 2.75) is 10.6 Å². The number of thiophene rings is 1. The van der Waals surface area contributed by atoms with E-state index in [2.05, 4.69) is 20.9 Å². The molecule has 2 rings (SSSR count). The number of rotatable bonds is 8. The third-order valence-electron chi connectivity index (χ3n) is 3.28. The molecule has 0 aliphatic carbocycles. The van der Waals surface area contributed by atoms with Gasteiger partial charge in [-0.05, 0) is 54.2 Å². The SMILES string of the molecule is CSCCCNC(=S)NNC(=O)c1ccccc1NS(=O)(=O)c1cccs1. The molecule has 0 saturated heterocycles. The number of thiocarbonyl (C=S) groups is 1. The Hall–Kier alpha value is -1.82. The lowest BCUT2D eigenvalue weighted by Crippen LogP contribution is -2.47. The van der Waals surface area contributed by atoms with Crippen LogP contribution in [0.15, 0.2) is 46.0 Å². The van der Waals surface area contributed by atoms with Crippen molar-refractivity contribution in [3.63, 3.8) is 0 Å². The molecule has 0 bridgehead atoms. The van der Waals surface area contributed by atoms with E-state index in [1.54, 1.807) is 35.3 Å². The van der Waals surface area contributed by atoms with Gasteiger partial charge >= 0.3 is 0 Å². The van der Waals surface area contributed by atoms with Crippen molar-refractivity contribution in [2.24, 2.45) is 0 Å². The number of thioether (sulfide) groups is 1. The van der Waals surface area contributed by atoms with Crippen molar-refractivity contribution in [3.05, 3.63) is 47.3 Å². The summed E-state index contributed by atoms with van der Waals surface area (Å²) >= 11 is 7.94. The van der Waals surface area contributed by atoms with E-state index >= 15 is 0 Å². The largest absolute Gasteiger partial charge is 0.361 e. The number of hydrazine groups is 1. The molecular formula is C16H20N4O3S4. The van der Waals surface area contributed by atoms with E-state index in [0.29, 0.717) is 11.7 Å². The van der Waals surface area contributed by atoms with E-state index < -0.39 is 15.9 Å². The Morgan fingerprint density at radius 3 is 2.67 bits per heavy atom. The molecule has 11 heteroatoms. The van der Waals surface area contributed by atoms with E-state index in [0.717, 1.165) is 23.5 Å². The second kappa shape index (κ2) is 10.5. The van der Waals surface area contributed by atoms with Crippen LogP contribution in [0.4, 0.5) is 5.69 Å². The molecule has 0 aliphatic heterocycles. The number of amides is 1. The van der Waals surface area contributed by atoms with Crippen LogP contribution in [0, 0.1) is 0 Å². The molecule has 0 spiro atoms. The number of benzene rings is 1. The number of hydrogen-bond acceptors (Lipinski definition) is 6. The quantitative estimate of drug-likeness (QED) is 0.282. The van der Waals surface area contributed by atoms with Gasteiger partial charge in [-0.3, -0.25) is 20.4 Å². The summed E-state index contributed by atoms with van der Waals surface area (Å²) in [6.07, 6.45) is 2.98. The standard InChI is InChI=1S/C16H20N4O3S4/c1-25-10-5-9-17-16(24)19-18-15(21)12-6-2-3-7-13(12)20-27(22,23)14-8-4-11-26-14/h2-4,6-8,11,20H,5,9-10H2,1H3,(H,18,21)(H2,17,19,24). The number of hydrogen-bond donors (Lipinski definition) is 4. The van der Waals surface area contributed by atoms with Crippen LogP contribution in [0.25, 0.3) is 0 Å². The Kier molecular flexibility index (Phi) is 8.35. The van der Waals surface area contributed by atoms with Crippen LogP contribution < -0.4 is 20.9 Å². The maximum Gasteiger partial charge on any atom is 0.271 e. The van der Waals surface area contributed by atoms with Gasteiger partial charge < -0.3 is 5.32 Å². The highest BCUT2D eigenvalue weighted by Crippen LogP contribution is 2.22. The number of sulfonamides is 1. The number of nitrogens with one attached hydrogen (secondary N) is 4. The Morgan fingerprint density at radius 2 is 1.96 bits per heavy atom. The van der Waals surface area contributed by atoms with Crippen LogP contribution in [0.2, 0.25) is 0 Å². The maximum atomic E-state index is 12.4. The molecule has 0 radical (unpaired) electrons. The molecule has 1 aromatic heterocycles. The normalized spacial score (nSPS) is 10.9. The molecule has 0 saturated carbocycles. The summed E-state index contributed by atoms with van der Waals surface area (Å²) in [4.78, 5) is 12.4. The minimum Gasteiger partial charge on any atom is -0.361 e. The van der Waals surface area contributed by atoms with Gasteiger partial charge in [0.1, 0.15) is 4.21 Å². The van der Waals surface area contributed by atoms with Crippen LogP contribution in [0.5, 0.6) is 0 Å². The molecule has 0 unspecified atom stereocenters. The monoisotopic (exact) mass is 444 g/mol. The molecule has 0 aliphatic rings. The Bertz CT molecular complexity index is 870. The zero-order valence-electron chi connectivity index (χ0n) is 14.5. The Labute approximate surface area is 172 Å². The third-order valence-corrected chi connectivity index (χ3v) is 6.98. The average molecular weight is 445 g/mol. The lowest BCUT2D eigenvalue weighted by molar-refractivity contribution is 0.0944. The molecule has 146 valence electrons. The molecule has 1 amide bonds. The van der Waals surface area contributed by atoms with Crippen molar-refractivity contribution < 1.29 is 13.2 Å². The van der Waals surface area contributed by atoms with Crippen LogP contribution >= 0.6 is 35.3 Å². The minimum atomic E-state index is -3.75. The van der Waals surface area contributed by atoms with Gasteiger partial charge in [-0.15, -0.1) is 11.3 Å². The fraction of sp³-hybridized carbons (Fsp3) is 0.250. The highest BCUT2D eigenvalue weighted by Gasteiger charge is 2.19. The number of para-hydroxylation sites is 1. The van der Waals surface area contributed by atoms with Crippen molar-refractivity contribution in [2.75, 3.05) is 23.3 Å². The molecule has 2 aromatic rings. The lowest BCUT2D eigenvalue weighted by atomic mass is 10.2. The first-order chi connectivity index (χ1) is 12.9. The third kappa shape index (κ3) is 6.69. The van der Waals surface area contributed by atoms with Gasteiger partial charge in [-0.1, -0.05) is 18.2 Å². The Balaban J connectivity index is 1.98. The summed E-state index contributed by atoms with van der Waals surface area (Å²) in [5.41, 5.74) is 5.45. The van der Waals surface area contributed by atoms with Gasteiger partial charge in [0, 0.05) is 6.54 Å². The van der Waals surface area contributed by atoms with Crippen molar-refractivity contribution in [1.82, 2.24) is 16.2 Å². The van der Waals surface area contributed by atoms with E-state index in [4.69, 9.17) is 12.2 Å². The molecule has 4 N–H and O–H groups in total. The number of carbonyl (C=O) groups excluding carboxylic acids is 1. The highest BCUT2D eigenvalue weighted by atomic mass is 32.2. The zero-order valence-corrected chi connectivity index (χ0v) is 17.8. The van der Waals surface area contributed by atoms with Gasteiger partial charge in [-0.25, -0.2) is 8.42 Å². The van der Waals surface area contributed by atoms with E-state index in [1.807, 2.05) is 6.26 Å². The van der Waals surface area contributed by atoms with Crippen LogP contribution in [-0.2, 0) is 10.0 Å². The summed E-state index contributed by atoms with van der Waals surface area (Å²) < 4.78 is 27.4. The van der Waals surface area contributed by atoms with Gasteiger partial charge in [-0.2, -0.15) is 11.8 Å². The van der Waals surface area contributed by atoms with Gasteiger partial charge in [0.2, 0.25) is 0 Å². The smallest absolute Gasteiger partial charge is 0.271 e. The summed E-state index contributed by atoms with van der Waals surface area (Å²) in [6.45, 7) is 0.694. The second-order valence-corrected chi connectivity index (χ2v) is 9.52. The van der Waals surface area contributed by atoms with Gasteiger partial charge in [0.05, 0.1) is 11.3 Å². The predicted molar refractivity (Wildman–Crippen MR) is 116 cm³/mol. The average Bonchev–Trinajstić information content (AvgIpc) is 3.19. The molecule has 1 heterocycles. The topological polar surface area (TPSA) is 99.3 Å². The zero-order chi connectivity index (χ0) is 19.7. The van der Waals surface area contributed by atoms with Gasteiger partial charge in [0.25, 0.3) is 15.9 Å². The summed E-state index contributed by atoms with van der Waals surface area (Å²) in [7, 11) is -3.75. The molecule has 0 fully saturated rings. The van der Waals surface area contributed by atoms with Crippen molar-refractivity contribution in [3.8, 4) is 0 Å². The number of carbonyl (C=O) groups is 1. The van der Waals surface area contributed by atoms with E-state index in [1.165, 1.54) is 18.2 Å². The second-order valence-electron chi connectivity index (χ2n) is 5.26. The summed E-state index contributed by atoms with van der Waals surface area (Å²) in [5, 5.41) is 4.94. The fourth-order valence-corrected chi connectivity index (χ4v) is 4.68. The van der Waals surface area contributed by atoms with Crippen LogP contribution in [-0.4, -0.2) is 38.0 Å².